The second-order valence-electron chi connectivity index (χ2n) is 3.24. The third-order valence-electron chi connectivity index (χ3n) is 2.38. The van der Waals surface area contributed by atoms with Gasteiger partial charge in [0.15, 0.2) is 0 Å². The van der Waals surface area contributed by atoms with Gasteiger partial charge in [-0.25, -0.2) is 0 Å². The predicted molar refractivity (Wildman–Crippen MR) is 50.0 cm³/mol. The van der Waals surface area contributed by atoms with E-state index in [9.17, 15) is 4.79 Å². The minimum Gasteiger partial charge on any atom is -0.359 e. The summed E-state index contributed by atoms with van der Waals surface area (Å²) in [5.41, 5.74) is 0. The standard InChI is InChI=1S/C9H18N2O2/c1-3-13-11-6-4-8(5-7-11)9(12)10-2/h8H,3-7H2,1-2H3,(H,10,12). The average Bonchev–Trinajstić information content (AvgIpc) is 2.18. The molecule has 1 rings (SSSR count). The molecule has 76 valence electrons. The SMILES string of the molecule is CCON1CCC(C(=O)NC)CC1. The highest BCUT2D eigenvalue weighted by molar-refractivity contribution is 5.78. The number of amides is 1. The molecule has 1 saturated heterocycles. The number of hydrogen-bond acceptors (Lipinski definition) is 3. The molecule has 1 aliphatic heterocycles. The van der Waals surface area contributed by atoms with E-state index in [-0.39, 0.29) is 11.8 Å². The van der Waals surface area contributed by atoms with Crippen molar-refractivity contribution < 1.29 is 9.63 Å². The molecular formula is C9H18N2O2. The quantitative estimate of drug-likeness (QED) is 0.693. The van der Waals surface area contributed by atoms with Crippen molar-refractivity contribution in [3.05, 3.63) is 0 Å². The van der Waals surface area contributed by atoms with Crippen LogP contribution in [0.3, 0.4) is 0 Å². The fourth-order valence-electron chi connectivity index (χ4n) is 1.63. The Hall–Kier alpha value is -0.610. The fraction of sp³-hybridized carbons (Fsp3) is 0.889. The number of nitrogens with one attached hydrogen (secondary N) is 1. The number of carbonyl (C=O) groups is 1. The van der Waals surface area contributed by atoms with Crippen LogP contribution in [0.5, 0.6) is 0 Å². The lowest BCUT2D eigenvalue weighted by Crippen LogP contribution is -2.39. The maximum absolute atomic E-state index is 11.3. The first-order chi connectivity index (χ1) is 6.27. The van der Waals surface area contributed by atoms with Crippen LogP contribution in [0.1, 0.15) is 19.8 Å². The highest BCUT2D eigenvalue weighted by atomic mass is 16.7. The van der Waals surface area contributed by atoms with Crippen LogP contribution in [-0.2, 0) is 9.63 Å². The number of nitrogens with zero attached hydrogens (tertiary/aromatic N) is 1. The molecule has 0 saturated carbocycles. The maximum atomic E-state index is 11.3. The summed E-state index contributed by atoms with van der Waals surface area (Å²) in [5.74, 6) is 0.345. The van der Waals surface area contributed by atoms with Crippen molar-refractivity contribution in [2.24, 2.45) is 5.92 Å². The zero-order valence-corrected chi connectivity index (χ0v) is 8.38. The molecule has 0 aromatic carbocycles. The molecular weight excluding hydrogens is 168 g/mol. The van der Waals surface area contributed by atoms with Crippen LogP contribution in [0, 0.1) is 5.92 Å². The van der Waals surface area contributed by atoms with Gasteiger partial charge in [0, 0.05) is 26.1 Å². The van der Waals surface area contributed by atoms with Gasteiger partial charge in [0.1, 0.15) is 0 Å². The zero-order chi connectivity index (χ0) is 9.68. The van der Waals surface area contributed by atoms with Crippen molar-refractivity contribution in [2.75, 3.05) is 26.7 Å². The maximum Gasteiger partial charge on any atom is 0.222 e. The van der Waals surface area contributed by atoms with Gasteiger partial charge in [-0.3, -0.25) is 9.63 Å². The van der Waals surface area contributed by atoms with E-state index in [0.29, 0.717) is 6.61 Å². The van der Waals surface area contributed by atoms with Crippen molar-refractivity contribution in [3.63, 3.8) is 0 Å². The van der Waals surface area contributed by atoms with Crippen LogP contribution in [-0.4, -0.2) is 37.7 Å². The third kappa shape index (κ3) is 2.97. The molecule has 0 aromatic heterocycles. The van der Waals surface area contributed by atoms with Crippen molar-refractivity contribution >= 4 is 5.91 Å². The first-order valence-corrected chi connectivity index (χ1v) is 4.87. The first kappa shape index (κ1) is 10.5. The van der Waals surface area contributed by atoms with Crippen LogP contribution in [0.2, 0.25) is 0 Å². The molecule has 4 nitrogen and oxygen atoms in total. The Labute approximate surface area is 79.2 Å². The highest BCUT2D eigenvalue weighted by Gasteiger charge is 2.24. The van der Waals surface area contributed by atoms with E-state index in [1.54, 1.807) is 7.05 Å². The number of piperidine rings is 1. The Bertz CT molecular complexity index is 165. The lowest BCUT2D eigenvalue weighted by molar-refractivity contribution is -0.171. The Kier molecular flexibility index (Phi) is 4.18. The van der Waals surface area contributed by atoms with Gasteiger partial charge >= 0.3 is 0 Å². The molecule has 13 heavy (non-hydrogen) atoms. The summed E-state index contributed by atoms with van der Waals surface area (Å²) in [6.45, 7) is 4.42. The minimum absolute atomic E-state index is 0.163. The van der Waals surface area contributed by atoms with E-state index in [2.05, 4.69) is 5.32 Å². The molecule has 4 heteroatoms. The Morgan fingerprint density at radius 1 is 1.54 bits per heavy atom. The monoisotopic (exact) mass is 186 g/mol. The molecule has 0 spiro atoms. The molecule has 0 radical (unpaired) electrons. The molecule has 0 bridgehead atoms. The van der Waals surface area contributed by atoms with Crippen LogP contribution in [0.25, 0.3) is 0 Å². The summed E-state index contributed by atoms with van der Waals surface area (Å²) in [7, 11) is 1.69. The Morgan fingerprint density at radius 3 is 2.62 bits per heavy atom. The molecule has 1 amide bonds. The molecule has 0 aliphatic carbocycles. The molecule has 1 fully saturated rings. The van der Waals surface area contributed by atoms with Gasteiger partial charge in [-0.05, 0) is 19.8 Å². The molecule has 1 aliphatic rings. The van der Waals surface area contributed by atoms with Gasteiger partial charge < -0.3 is 5.32 Å². The summed E-state index contributed by atoms with van der Waals surface area (Å²) in [5, 5.41) is 4.63. The van der Waals surface area contributed by atoms with Crippen molar-refractivity contribution in [1.29, 1.82) is 0 Å². The smallest absolute Gasteiger partial charge is 0.222 e. The third-order valence-corrected chi connectivity index (χ3v) is 2.38. The molecule has 1 heterocycles. The normalized spacial score (nSPS) is 20.2. The molecule has 0 aromatic rings. The van der Waals surface area contributed by atoms with Gasteiger partial charge in [-0.1, -0.05) is 0 Å². The van der Waals surface area contributed by atoms with Crippen molar-refractivity contribution in [2.45, 2.75) is 19.8 Å². The van der Waals surface area contributed by atoms with Gasteiger partial charge in [0.25, 0.3) is 0 Å². The number of hydroxylamine groups is 2. The van der Waals surface area contributed by atoms with Crippen LogP contribution in [0.15, 0.2) is 0 Å². The Balaban J connectivity index is 2.26. The van der Waals surface area contributed by atoms with E-state index in [4.69, 9.17) is 4.84 Å². The lowest BCUT2D eigenvalue weighted by Gasteiger charge is -2.29. The van der Waals surface area contributed by atoms with Gasteiger partial charge in [0.2, 0.25) is 5.91 Å². The average molecular weight is 186 g/mol. The largest absolute Gasteiger partial charge is 0.359 e. The van der Waals surface area contributed by atoms with Gasteiger partial charge in [-0.2, -0.15) is 5.06 Å². The van der Waals surface area contributed by atoms with Crippen LogP contribution < -0.4 is 5.32 Å². The van der Waals surface area contributed by atoms with E-state index in [1.807, 2.05) is 12.0 Å². The van der Waals surface area contributed by atoms with E-state index in [1.165, 1.54) is 0 Å². The van der Waals surface area contributed by atoms with Gasteiger partial charge in [0.05, 0.1) is 6.61 Å². The minimum atomic E-state index is 0.163. The second-order valence-corrected chi connectivity index (χ2v) is 3.24. The fourth-order valence-corrected chi connectivity index (χ4v) is 1.63. The topological polar surface area (TPSA) is 41.6 Å². The van der Waals surface area contributed by atoms with E-state index >= 15 is 0 Å². The van der Waals surface area contributed by atoms with Crippen molar-refractivity contribution in [1.82, 2.24) is 10.4 Å². The number of carbonyl (C=O) groups excluding carboxylic acids is 1. The summed E-state index contributed by atoms with van der Waals surface area (Å²) >= 11 is 0. The number of rotatable bonds is 3. The van der Waals surface area contributed by atoms with Gasteiger partial charge in [-0.15, -0.1) is 0 Å². The first-order valence-electron chi connectivity index (χ1n) is 4.87. The van der Waals surface area contributed by atoms with Crippen LogP contribution >= 0.6 is 0 Å². The number of hydrogen-bond donors (Lipinski definition) is 1. The summed E-state index contributed by atoms with van der Waals surface area (Å²) in [6, 6.07) is 0. The lowest BCUT2D eigenvalue weighted by atomic mass is 9.97. The van der Waals surface area contributed by atoms with E-state index < -0.39 is 0 Å². The summed E-state index contributed by atoms with van der Waals surface area (Å²) in [4.78, 5) is 16.6. The van der Waals surface area contributed by atoms with Crippen LogP contribution in [0.4, 0.5) is 0 Å². The predicted octanol–water partition coefficient (Wildman–Crippen LogP) is 0.396. The van der Waals surface area contributed by atoms with E-state index in [0.717, 1.165) is 25.9 Å². The summed E-state index contributed by atoms with van der Waals surface area (Å²) < 4.78 is 0. The molecule has 0 unspecified atom stereocenters. The highest BCUT2D eigenvalue weighted by Crippen LogP contribution is 2.16. The second kappa shape index (κ2) is 5.19. The Morgan fingerprint density at radius 2 is 2.15 bits per heavy atom. The molecule has 0 atom stereocenters. The molecule has 1 N–H and O–H groups in total. The summed E-state index contributed by atoms with van der Waals surface area (Å²) in [6.07, 6.45) is 1.80. The van der Waals surface area contributed by atoms with Crippen molar-refractivity contribution in [3.8, 4) is 0 Å². The zero-order valence-electron chi connectivity index (χ0n) is 8.38.